The molecule has 0 radical (unpaired) electrons. The Bertz CT molecular complexity index is 522. The van der Waals surface area contributed by atoms with E-state index < -0.39 is 0 Å². The van der Waals surface area contributed by atoms with E-state index in [2.05, 4.69) is 5.32 Å². The van der Waals surface area contributed by atoms with Crippen molar-refractivity contribution in [2.45, 2.75) is 32.4 Å². The van der Waals surface area contributed by atoms with Crippen LogP contribution in [0.15, 0.2) is 18.2 Å². The quantitative estimate of drug-likeness (QED) is 0.894. The Balaban J connectivity index is 1.92. The molecule has 0 spiro atoms. The molecule has 1 heterocycles. The number of likely N-dealkylation sites (tertiary alicyclic amines) is 1. The maximum Gasteiger partial charge on any atom is 0.317 e. The number of benzene rings is 1. The van der Waals surface area contributed by atoms with E-state index in [0.717, 1.165) is 24.9 Å². The summed E-state index contributed by atoms with van der Waals surface area (Å²) in [6, 6.07) is 5.24. The number of nitrogens with zero attached hydrogens (tertiary/aromatic N) is 1. The number of methoxy groups -OCH3 is 1. The van der Waals surface area contributed by atoms with Gasteiger partial charge in [0.1, 0.15) is 5.75 Å². The number of ether oxygens (including phenoxy) is 1. The third-order valence-electron chi connectivity index (χ3n) is 4.11. The summed E-state index contributed by atoms with van der Waals surface area (Å²) in [6.07, 6.45) is 1.51. The number of hydrogen-bond acceptors (Lipinski definition) is 3. The van der Waals surface area contributed by atoms with Gasteiger partial charge in [0.2, 0.25) is 0 Å². The Labute approximate surface area is 136 Å². The number of carbonyl (C=O) groups excluding carboxylic acids is 1. The average Bonchev–Trinajstić information content (AvgIpc) is 2.53. The fourth-order valence-corrected chi connectivity index (χ4v) is 2.90. The van der Waals surface area contributed by atoms with E-state index >= 15 is 0 Å². The van der Waals surface area contributed by atoms with Gasteiger partial charge < -0.3 is 20.1 Å². The molecule has 22 heavy (non-hydrogen) atoms. The summed E-state index contributed by atoms with van der Waals surface area (Å²) < 4.78 is 5.27. The van der Waals surface area contributed by atoms with E-state index in [1.165, 1.54) is 0 Å². The first kappa shape index (κ1) is 16.9. The Kier molecular flexibility index (Phi) is 5.91. The summed E-state index contributed by atoms with van der Waals surface area (Å²) in [7, 11) is 1.58. The number of urea groups is 1. The van der Waals surface area contributed by atoms with Gasteiger partial charge in [0, 0.05) is 36.1 Å². The van der Waals surface area contributed by atoms with Gasteiger partial charge in [0.15, 0.2) is 0 Å². The van der Waals surface area contributed by atoms with Crippen LogP contribution in [0, 0.1) is 5.92 Å². The van der Waals surface area contributed by atoms with Crippen LogP contribution in [0.1, 0.15) is 25.3 Å². The third-order valence-corrected chi connectivity index (χ3v) is 4.34. The topological polar surface area (TPSA) is 61.8 Å². The minimum atomic E-state index is -0.382. The number of nitrogens with one attached hydrogen (secondary N) is 1. The van der Waals surface area contributed by atoms with Gasteiger partial charge in [-0.25, -0.2) is 4.79 Å². The predicted molar refractivity (Wildman–Crippen MR) is 86.2 cm³/mol. The Morgan fingerprint density at radius 2 is 2.36 bits per heavy atom. The molecule has 2 unspecified atom stereocenters. The molecule has 2 rings (SSSR count). The monoisotopic (exact) mass is 326 g/mol. The highest BCUT2D eigenvalue weighted by Gasteiger charge is 2.26. The zero-order valence-electron chi connectivity index (χ0n) is 13.0. The van der Waals surface area contributed by atoms with Crippen molar-refractivity contribution in [3.63, 3.8) is 0 Å². The summed E-state index contributed by atoms with van der Waals surface area (Å²) >= 11 is 5.93. The second-order valence-electron chi connectivity index (χ2n) is 5.70. The molecule has 2 atom stereocenters. The van der Waals surface area contributed by atoms with E-state index in [4.69, 9.17) is 16.3 Å². The molecule has 0 aromatic heterocycles. The van der Waals surface area contributed by atoms with Crippen molar-refractivity contribution < 1.29 is 14.6 Å². The van der Waals surface area contributed by atoms with Crippen molar-refractivity contribution >= 4 is 17.6 Å². The fraction of sp³-hybridized carbons (Fsp3) is 0.562. The van der Waals surface area contributed by atoms with Crippen LogP contribution in [0.25, 0.3) is 0 Å². The number of aliphatic hydroxyl groups excluding tert-OH is 1. The SMILES string of the molecule is COc1cc(Cl)ccc1CNC(=O)N1CCCC(C(C)O)C1. The van der Waals surface area contributed by atoms with E-state index in [1.807, 2.05) is 6.07 Å². The number of piperidine rings is 1. The maximum atomic E-state index is 12.3. The molecule has 2 N–H and O–H groups in total. The van der Waals surface area contributed by atoms with Crippen molar-refractivity contribution in [2.24, 2.45) is 5.92 Å². The molecule has 1 fully saturated rings. The van der Waals surface area contributed by atoms with Gasteiger partial charge in [-0.1, -0.05) is 17.7 Å². The van der Waals surface area contributed by atoms with Crippen molar-refractivity contribution in [3.05, 3.63) is 28.8 Å². The molecule has 5 nitrogen and oxygen atoms in total. The van der Waals surface area contributed by atoms with Crippen LogP contribution in [0.3, 0.4) is 0 Å². The van der Waals surface area contributed by atoms with Crippen LogP contribution in [0.5, 0.6) is 5.75 Å². The molecule has 122 valence electrons. The van der Waals surface area contributed by atoms with Gasteiger partial charge in [-0.15, -0.1) is 0 Å². The van der Waals surface area contributed by atoms with Crippen LogP contribution in [-0.4, -0.2) is 42.3 Å². The zero-order chi connectivity index (χ0) is 16.1. The van der Waals surface area contributed by atoms with E-state index in [-0.39, 0.29) is 18.1 Å². The minimum Gasteiger partial charge on any atom is -0.496 e. The number of aliphatic hydroxyl groups is 1. The summed E-state index contributed by atoms with van der Waals surface area (Å²) in [5, 5.41) is 13.2. The lowest BCUT2D eigenvalue weighted by atomic mass is 9.94. The van der Waals surface area contributed by atoms with Gasteiger partial charge >= 0.3 is 6.03 Å². The molecular formula is C16H23ClN2O3. The molecule has 1 aliphatic rings. The van der Waals surface area contributed by atoms with Crippen LogP contribution < -0.4 is 10.1 Å². The molecule has 1 aromatic carbocycles. The highest BCUT2D eigenvalue weighted by atomic mass is 35.5. The number of carbonyl (C=O) groups is 1. The van der Waals surface area contributed by atoms with Crippen molar-refractivity contribution in [1.82, 2.24) is 10.2 Å². The molecule has 0 aliphatic carbocycles. The summed E-state index contributed by atoms with van der Waals surface area (Å²) in [5.74, 6) is 0.817. The standard InChI is InChI=1S/C16H23ClN2O3/c1-11(20)13-4-3-7-19(10-13)16(21)18-9-12-5-6-14(17)8-15(12)22-2/h5-6,8,11,13,20H,3-4,7,9-10H2,1-2H3,(H,18,21). The lowest BCUT2D eigenvalue weighted by Crippen LogP contribution is -2.47. The third kappa shape index (κ3) is 4.27. The lowest BCUT2D eigenvalue weighted by molar-refractivity contribution is 0.0738. The molecule has 6 heteroatoms. The van der Waals surface area contributed by atoms with Crippen LogP contribution in [0.4, 0.5) is 4.79 Å². The highest BCUT2D eigenvalue weighted by Crippen LogP contribution is 2.23. The van der Waals surface area contributed by atoms with Gasteiger partial charge in [0.25, 0.3) is 0 Å². The highest BCUT2D eigenvalue weighted by molar-refractivity contribution is 6.30. The molecule has 1 aromatic rings. The fourth-order valence-electron chi connectivity index (χ4n) is 2.74. The first-order chi connectivity index (χ1) is 10.5. The largest absolute Gasteiger partial charge is 0.496 e. The smallest absolute Gasteiger partial charge is 0.317 e. The van der Waals surface area contributed by atoms with Crippen LogP contribution in [-0.2, 0) is 6.54 Å². The zero-order valence-corrected chi connectivity index (χ0v) is 13.8. The van der Waals surface area contributed by atoms with Crippen LogP contribution >= 0.6 is 11.6 Å². The second-order valence-corrected chi connectivity index (χ2v) is 6.14. The number of hydrogen-bond donors (Lipinski definition) is 2. The van der Waals surface area contributed by atoms with Gasteiger partial charge in [-0.3, -0.25) is 0 Å². The second kappa shape index (κ2) is 7.70. The van der Waals surface area contributed by atoms with Gasteiger partial charge in [-0.05, 0) is 31.9 Å². The minimum absolute atomic E-state index is 0.109. The lowest BCUT2D eigenvalue weighted by Gasteiger charge is -2.34. The van der Waals surface area contributed by atoms with Gasteiger partial charge in [0.05, 0.1) is 13.2 Å². The normalized spacial score (nSPS) is 19.6. The van der Waals surface area contributed by atoms with E-state index in [1.54, 1.807) is 31.1 Å². The molecule has 0 saturated carbocycles. The Hall–Kier alpha value is -1.46. The molecule has 2 amide bonds. The van der Waals surface area contributed by atoms with Crippen molar-refractivity contribution in [2.75, 3.05) is 20.2 Å². The number of halogens is 1. The molecular weight excluding hydrogens is 304 g/mol. The van der Waals surface area contributed by atoms with Gasteiger partial charge in [-0.2, -0.15) is 0 Å². The average molecular weight is 327 g/mol. The number of rotatable bonds is 4. The van der Waals surface area contributed by atoms with Crippen LogP contribution in [0.2, 0.25) is 5.02 Å². The Morgan fingerprint density at radius 1 is 1.59 bits per heavy atom. The molecule has 1 saturated heterocycles. The predicted octanol–water partition coefficient (Wildman–Crippen LogP) is 2.65. The van der Waals surface area contributed by atoms with E-state index in [0.29, 0.717) is 23.9 Å². The van der Waals surface area contributed by atoms with E-state index in [9.17, 15) is 9.90 Å². The summed E-state index contributed by atoms with van der Waals surface area (Å²) in [6.45, 7) is 3.49. The van der Waals surface area contributed by atoms with Crippen molar-refractivity contribution in [1.29, 1.82) is 0 Å². The first-order valence-electron chi connectivity index (χ1n) is 7.54. The summed E-state index contributed by atoms with van der Waals surface area (Å²) in [4.78, 5) is 14.0. The van der Waals surface area contributed by atoms with Crippen molar-refractivity contribution in [3.8, 4) is 5.75 Å². The first-order valence-corrected chi connectivity index (χ1v) is 7.92. The maximum absolute atomic E-state index is 12.3. The molecule has 1 aliphatic heterocycles. The molecule has 0 bridgehead atoms. The summed E-state index contributed by atoms with van der Waals surface area (Å²) in [5.41, 5.74) is 0.879. The number of amides is 2. The Morgan fingerprint density at radius 3 is 3.05 bits per heavy atom.